The molecule has 0 saturated carbocycles. The minimum absolute atomic E-state index is 0.205. The molecule has 2 heteroatoms. The van der Waals surface area contributed by atoms with Gasteiger partial charge in [0.25, 0.3) is 0 Å². The number of aliphatic hydroxyl groups excluding tert-OH is 1. The van der Waals surface area contributed by atoms with Crippen molar-refractivity contribution in [1.29, 1.82) is 0 Å². The fourth-order valence-corrected chi connectivity index (χ4v) is 2.42. The van der Waals surface area contributed by atoms with Crippen LogP contribution in [0.1, 0.15) is 50.7 Å². The van der Waals surface area contributed by atoms with Gasteiger partial charge in [-0.1, -0.05) is 39.2 Å². The summed E-state index contributed by atoms with van der Waals surface area (Å²) in [5.74, 6) is 0.151. The predicted molar refractivity (Wildman–Crippen MR) is 74.2 cm³/mol. The van der Waals surface area contributed by atoms with Crippen molar-refractivity contribution in [2.24, 2.45) is 5.92 Å². The van der Waals surface area contributed by atoms with Crippen molar-refractivity contribution in [2.75, 3.05) is 0 Å². The standard InChI is InChI=1S/C16H25FO/c1-4-6-7-13(5-2)16(18)11-14-8-9-15(17)10-12(14)3/h8-10,13,16,18H,4-7,11H2,1-3H3. The second kappa shape index (κ2) is 7.52. The highest BCUT2D eigenvalue weighted by Gasteiger charge is 2.18. The van der Waals surface area contributed by atoms with Crippen molar-refractivity contribution in [3.05, 3.63) is 35.1 Å². The van der Waals surface area contributed by atoms with Gasteiger partial charge in [-0.2, -0.15) is 0 Å². The van der Waals surface area contributed by atoms with Crippen LogP contribution in [0.15, 0.2) is 18.2 Å². The first-order chi connectivity index (χ1) is 8.58. The highest BCUT2D eigenvalue weighted by molar-refractivity contribution is 5.27. The van der Waals surface area contributed by atoms with Gasteiger partial charge in [0.2, 0.25) is 0 Å². The average Bonchev–Trinajstić information content (AvgIpc) is 2.34. The van der Waals surface area contributed by atoms with E-state index in [9.17, 15) is 9.50 Å². The van der Waals surface area contributed by atoms with Gasteiger partial charge in [-0.25, -0.2) is 4.39 Å². The number of aliphatic hydroxyl groups is 1. The van der Waals surface area contributed by atoms with Gasteiger partial charge in [0.1, 0.15) is 5.82 Å². The Kier molecular flexibility index (Phi) is 6.34. The third-order valence-electron chi connectivity index (χ3n) is 3.73. The van der Waals surface area contributed by atoms with Gasteiger partial charge in [0.15, 0.2) is 0 Å². The van der Waals surface area contributed by atoms with Crippen LogP contribution in [-0.4, -0.2) is 11.2 Å². The highest BCUT2D eigenvalue weighted by atomic mass is 19.1. The molecule has 0 aliphatic heterocycles. The minimum Gasteiger partial charge on any atom is -0.392 e. The van der Waals surface area contributed by atoms with E-state index in [0.29, 0.717) is 12.3 Å². The lowest BCUT2D eigenvalue weighted by Crippen LogP contribution is -2.22. The molecule has 18 heavy (non-hydrogen) atoms. The molecule has 1 aromatic rings. The van der Waals surface area contributed by atoms with Crippen molar-refractivity contribution < 1.29 is 9.50 Å². The van der Waals surface area contributed by atoms with E-state index < -0.39 is 0 Å². The van der Waals surface area contributed by atoms with Gasteiger partial charge in [-0.3, -0.25) is 0 Å². The van der Waals surface area contributed by atoms with Crippen molar-refractivity contribution in [2.45, 2.75) is 59.0 Å². The Balaban J connectivity index is 2.64. The highest BCUT2D eigenvalue weighted by Crippen LogP contribution is 2.21. The second-order valence-corrected chi connectivity index (χ2v) is 5.15. The molecule has 0 aromatic heterocycles. The molecule has 0 fully saturated rings. The zero-order valence-electron chi connectivity index (χ0n) is 11.7. The Labute approximate surface area is 110 Å². The summed E-state index contributed by atoms with van der Waals surface area (Å²) >= 11 is 0. The summed E-state index contributed by atoms with van der Waals surface area (Å²) in [5.41, 5.74) is 1.98. The number of benzene rings is 1. The van der Waals surface area contributed by atoms with Gasteiger partial charge >= 0.3 is 0 Å². The smallest absolute Gasteiger partial charge is 0.123 e. The van der Waals surface area contributed by atoms with E-state index in [4.69, 9.17) is 0 Å². The van der Waals surface area contributed by atoms with Crippen LogP contribution in [0.25, 0.3) is 0 Å². The fraction of sp³-hybridized carbons (Fsp3) is 0.625. The van der Waals surface area contributed by atoms with Crippen molar-refractivity contribution in [3.63, 3.8) is 0 Å². The molecule has 0 bridgehead atoms. The predicted octanol–water partition coefficient (Wildman–Crippen LogP) is 4.25. The number of hydrogen-bond acceptors (Lipinski definition) is 1. The van der Waals surface area contributed by atoms with E-state index in [-0.39, 0.29) is 11.9 Å². The molecule has 0 aliphatic carbocycles. The maximum atomic E-state index is 13.0. The Morgan fingerprint density at radius 2 is 2.00 bits per heavy atom. The van der Waals surface area contributed by atoms with Crippen LogP contribution in [0.5, 0.6) is 0 Å². The first-order valence-corrected chi connectivity index (χ1v) is 7.01. The average molecular weight is 252 g/mol. The van der Waals surface area contributed by atoms with Gasteiger partial charge in [0.05, 0.1) is 6.10 Å². The number of hydrogen-bond donors (Lipinski definition) is 1. The number of halogens is 1. The largest absolute Gasteiger partial charge is 0.392 e. The van der Waals surface area contributed by atoms with Gasteiger partial charge in [0, 0.05) is 0 Å². The summed E-state index contributed by atoms with van der Waals surface area (Å²) in [7, 11) is 0. The third kappa shape index (κ3) is 4.41. The first-order valence-electron chi connectivity index (χ1n) is 7.01. The molecule has 0 saturated heterocycles. The van der Waals surface area contributed by atoms with E-state index in [1.807, 2.05) is 6.92 Å². The van der Waals surface area contributed by atoms with E-state index in [1.165, 1.54) is 18.6 Å². The fourth-order valence-electron chi connectivity index (χ4n) is 2.42. The van der Waals surface area contributed by atoms with Crippen LogP contribution < -0.4 is 0 Å². The molecular weight excluding hydrogens is 227 g/mol. The quantitative estimate of drug-likeness (QED) is 0.769. The number of rotatable bonds is 7. The van der Waals surface area contributed by atoms with Crippen LogP contribution in [0, 0.1) is 18.7 Å². The monoisotopic (exact) mass is 252 g/mol. The van der Waals surface area contributed by atoms with E-state index in [1.54, 1.807) is 6.07 Å². The van der Waals surface area contributed by atoms with Crippen molar-refractivity contribution >= 4 is 0 Å². The van der Waals surface area contributed by atoms with Crippen LogP contribution >= 0.6 is 0 Å². The first kappa shape index (κ1) is 15.2. The SMILES string of the molecule is CCCCC(CC)C(O)Cc1ccc(F)cc1C. The van der Waals surface area contributed by atoms with Crippen LogP contribution in [0.3, 0.4) is 0 Å². The summed E-state index contributed by atoms with van der Waals surface area (Å²) in [6.07, 6.45) is 4.73. The molecule has 0 spiro atoms. The molecule has 1 nitrogen and oxygen atoms in total. The molecule has 0 aliphatic rings. The van der Waals surface area contributed by atoms with Crippen LogP contribution in [0.2, 0.25) is 0 Å². The lowest BCUT2D eigenvalue weighted by molar-refractivity contribution is 0.0986. The van der Waals surface area contributed by atoms with Crippen LogP contribution in [-0.2, 0) is 6.42 Å². The molecule has 1 N–H and O–H groups in total. The molecule has 2 atom stereocenters. The zero-order chi connectivity index (χ0) is 13.5. The topological polar surface area (TPSA) is 20.2 Å². The van der Waals surface area contributed by atoms with Crippen molar-refractivity contribution in [1.82, 2.24) is 0 Å². The molecule has 1 rings (SSSR count). The lowest BCUT2D eigenvalue weighted by atomic mass is 9.88. The zero-order valence-corrected chi connectivity index (χ0v) is 11.7. The molecule has 0 heterocycles. The van der Waals surface area contributed by atoms with Crippen LogP contribution in [0.4, 0.5) is 4.39 Å². The van der Waals surface area contributed by atoms with E-state index in [0.717, 1.165) is 30.4 Å². The summed E-state index contributed by atoms with van der Waals surface area (Å²) in [5, 5.41) is 10.3. The molecular formula is C16H25FO. The van der Waals surface area contributed by atoms with Gasteiger partial charge < -0.3 is 5.11 Å². The van der Waals surface area contributed by atoms with Crippen molar-refractivity contribution in [3.8, 4) is 0 Å². The van der Waals surface area contributed by atoms with Gasteiger partial charge in [-0.05, 0) is 48.9 Å². The summed E-state index contributed by atoms with van der Waals surface area (Å²) < 4.78 is 13.0. The number of unbranched alkanes of at least 4 members (excludes halogenated alkanes) is 1. The Morgan fingerprint density at radius 1 is 1.28 bits per heavy atom. The molecule has 0 amide bonds. The van der Waals surface area contributed by atoms with Gasteiger partial charge in [-0.15, -0.1) is 0 Å². The summed E-state index contributed by atoms with van der Waals surface area (Å²) in [4.78, 5) is 0. The molecule has 2 unspecified atom stereocenters. The Bertz CT molecular complexity index is 362. The molecule has 1 aromatic carbocycles. The maximum absolute atomic E-state index is 13.0. The Hall–Kier alpha value is -0.890. The second-order valence-electron chi connectivity index (χ2n) is 5.15. The lowest BCUT2D eigenvalue weighted by Gasteiger charge is -2.22. The maximum Gasteiger partial charge on any atom is 0.123 e. The Morgan fingerprint density at radius 3 is 2.56 bits per heavy atom. The third-order valence-corrected chi connectivity index (χ3v) is 3.73. The molecule has 102 valence electrons. The summed E-state index contributed by atoms with van der Waals surface area (Å²) in [6, 6.07) is 4.80. The van der Waals surface area contributed by atoms with E-state index >= 15 is 0 Å². The summed E-state index contributed by atoms with van der Waals surface area (Å²) in [6.45, 7) is 6.20. The minimum atomic E-state index is -0.314. The van der Waals surface area contributed by atoms with E-state index in [2.05, 4.69) is 13.8 Å². The number of aryl methyl sites for hydroxylation is 1. The normalized spacial score (nSPS) is 14.5. The molecule has 0 radical (unpaired) electrons.